The number of hydrogen-bond donors (Lipinski definition) is 1. The van der Waals surface area contributed by atoms with Gasteiger partial charge in [0.25, 0.3) is 5.91 Å². The quantitative estimate of drug-likeness (QED) is 0.385. The third-order valence-corrected chi connectivity index (χ3v) is 8.78. The summed E-state index contributed by atoms with van der Waals surface area (Å²) in [6, 6.07) is 14.5. The summed E-state index contributed by atoms with van der Waals surface area (Å²) < 4.78 is 0. The van der Waals surface area contributed by atoms with Crippen molar-refractivity contribution in [3.63, 3.8) is 0 Å². The fraction of sp³-hybridized carbons (Fsp3) is 0.250. The molecule has 32 heavy (non-hydrogen) atoms. The Morgan fingerprint density at radius 1 is 1.09 bits per heavy atom. The first-order chi connectivity index (χ1) is 15.5. The number of aryl methyl sites for hydroxylation is 1. The molecule has 1 aliphatic carbocycles. The van der Waals surface area contributed by atoms with Gasteiger partial charge >= 0.3 is 0 Å². The average molecular weight is 503 g/mol. The Labute approximate surface area is 204 Å². The Morgan fingerprint density at radius 3 is 2.66 bits per heavy atom. The molecule has 0 bridgehead atoms. The molecule has 4 nitrogen and oxygen atoms in total. The standard InChI is InChI=1S/C24H20Cl2N2O2S2/c25-17-11-10-14(12-18(17)26)19(29)13-31-24-27-22-21(16-8-4-5-9-20(16)32-22)23(30)28(24)15-6-2-1-3-7-15/h1-3,6-7,10-12,24,27H,4-5,8-9,13H2. The maximum absolute atomic E-state index is 13.7. The second-order valence-electron chi connectivity index (χ2n) is 7.79. The lowest BCUT2D eigenvalue weighted by Crippen LogP contribution is -2.47. The third-order valence-electron chi connectivity index (χ3n) is 5.74. The molecule has 2 aliphatic rings. The summed E-state index contributed by atoms with van der Waals surface area (Å²) in [5.74, 6) is 0.142. The number of para-hydroxylation sites is 1. The molecule has 0 fully saturated rings. The summed E-state index contributed by atoms with van der Waals surface area (Å²) in [6.07, 6.45) is 4.26. The van der Waals surface area contributed by atoms with Crippen LogP contribution in [0.2, 0.25) is 10.0 Å². The van der Waals surface area contributed by atoms with Gasteiger partial charge in [-0.15, -0.1) is 23.1 Å². The van der Waals surface area contributed by atoms with Gasteiger partial charge in [-0.05, 0) is 61.6 Å². The molecule has 1 atom stereocenters. The zero-order valence-corrected chi connectivity index (χ0v) is 20.2. The summed E-state index contributed by atoms with van der Waals surface area (Å²) in [6.45, 7) is 0. The number of rotatable bonds is 5. The first kappa shape index (κ1) is 21.8. The fourth-order valence-corrected chi connectivity index (χ4v) is 6.88. The largest absolute Gasteiger partial charge is 0.347 e. The SMILES string of the molecule is O=C(CSC1Nc2sc3c(c2C(=O)N1c1ccccc1)CCCC3)c1ccc(Cl)c(Cl)c1. The van der Waals surface area contributed by atoms with Crippen molar-refractivity contribution in [1.82, 2.24) is 0 Å². The Morgan fingerprint density at radius 2 is 1.88 bits per heavy atom. The van der Waals surface area contributed by atoms with Crippen molar-refractivity contribution in [3.05, 3.63) is 80.1 Å². The van der Waals surface area contributed by atoms with Crippen molar-refractivity contribution in [2.75, 3.05) is 16.0 Å². The second kappa shape index (κ2) is 9.10. The highest BCUT2D eigenvalue weighted by Gasteiger charge is 2.38. The molecule has 0 saturated carbocycles. The smallest absolute Gasteiger partial charge is 0.263 e. The molecule has 3 aromatic rings. The van der Waals surface area contributed by atoms with Gasteiger partial charge in [-0.25, -0.2) is 0 Å². The number of carbonyl (C=O) groups is 2. The number of thiophene rings is 1. The van der Waals surface area contributed by atoms with Crippen LogP contribution in [0.1, 0.15) is 44.0 Å². The van der Waals surface area contributed by atoms with Gasteiger partial charge in [-0.1, -0.05) is 41.4 Å². The summed E-state index contributed by atoms with van der Waals surface area (Å²) in [5, 5.41) is 5.24. The Balaban J connectivity index is 1.44. The van der Waals surface area contributed by atoms with E-state index in [9.17, 15) is 9.59 Å². The highest BCUT2D eigenvalue weighted by molar-refractivity contribution is 8.00. The first-order valence-electron chi connectivity index (χ1n) is 10.4. The van der Waals surface area contributed by atoms with Crippen molar-refractivity contribution in [2.24, 2.45) is 0 Å². The van der Waals surface area contributed by atoms with E-state index in [1.807, 2.05) is 30.3 Å². The van der Waals surface area contributed by atoms with E-state index < -0.39 is 0 Å². The van der Waals surface area contributed by atoms with Crippen molar-refractivity contribution in [2.45, 2.75) is 31.2 Å². The minimum absolute atomic E-state index is 0.00355. The zero-order chi connectivity index (χ0) is 22.2. The van der Waals surface area contributed by atoms with E-state index in [2.05, 4.69) is 5.32 Å². The maximum Gasteiger partial charge on any atom is 0.263 e. The lowest BCUT2D eigenvalue weighted by atomic mass is 9.94. The molecule has 0 spiro atoms. The number of benzene rings is 2. The molecule has 1 unspecified atom stereocenters. The lowest BCUT2D eigenvalue weighted by Gasteiger charge is -2.36. The molecule has 1 aliphatic heterocycles. The van der Waals surface area contributed by atoms with E-state index >= 15 is 0 Å². The van der Waals surface area contributed by atoms with Crippen LogP contribution in [0.25, 0.3) is 0 Å². The van der Waals surface area contributed by atoms with Crippen molar-refractivity contribution >= 4 is 68.7 Å². The molecule has 5 rings (SSSR count). The normalized spacial score (nSPS) is 17.5. The third kappa shape index (κ3) is 4.05. The summed E-state index contributed by atoms with van der Waals surface area (Å²) in [5.41, 5.74) is 2.94. The molecular formula is C24H20Cl2N2O2S2. The topological polar surface area (TPSA) is 49.4 Å². The highest BCUT2D eigenvalue weighted by atomic mass is 35.5. The van der Waals surface area contributed by atoms with Crippen LogP contribution in [0.3, 0.4) is 0 Å². The minimum Gasteiger partial charge on any atom is -0.347 e. The van der Waals surface area contributed by atoms with Gasteiger partial charge in [0.2, 0.25) is 0 Å². The first-order valence-corrected chi connectivity index (χ1v) is 13.0. The number of thioether (sulfide) groups is 1. The number of fused-ring (bicyclic) bond motifs is 3. The Kier molecular flexibility index (Phi) is 6.21. The predicted octanol–water partition coefficient (Wildman–Crippen LogP) is 6.91. The molecule has 0 saturated heterocycles. The van der Waals surface area contributed by atoms with Gasteiger partial charge < -0.3 is 5.32 Å². The molecular weight excluding hydrogens is 483 g/mol. The molecule has 2 heterocycles. The molecule has 1 aromatic heterocycles. The van der Waals surface area contributed by atoms with E-state index in [4.69, 9.17) is 23.2 Å². The van der Waals surface area contributed by atoms with Crippen LogP contribution in [-0.2, 0) is 12.8 Å². The molecule has 1 N–H and O–H groups in total. The summed E-state index contributed by atoms with van der Waals surface area (Å²) >= 11 is 15.1. The highest BCUT2D eigenvalue weighted by Crippen LogP contribution is 2.44. The number of halogens is 2. The van der Waals surface area contributed by atoms with Gasteiger partial charge in [0, 0.05) is 16.1 Å². The molecule has 0 radical (unpaired) electrons. The number of carbonyl (C=O) groups excluding carboxylic acids is 2. The van der Waals surface area contributed by atoms with Crippen molar-refractivity contribution in [3.8, 4) is 0 Å². The van der Waals surface area contributed by atoms with E-state index in [-0.39, 0.29) is 22.9 Å². The van der Waals surface area contributed by atoms with Gasteiger partial charge in [0.15, 0.2) is 11.3 Å². The molecule has 1 amide bonds. The van der Waals surface area contributed by atoms with Crippen LogP contribution < -0.4 is 10.2 Å². The van der Waals surface area contributed by atoms with E-state index in [1.54, 1.807) is 34.4 Å². The van der Waals surface area contributed by atoms with E-state index in [0.717, 1.165) is 35.5 Å². The monoisotopic (exact) mass is 502 g/mol. The lowest BCUT2D eigenvalue weighted by molar-refractivity contribution is 0.0979. The average Bonchev–Trinajstić information content (AvgIpc) is 3.18. The second-order valence-corrected chi connectivity index (χ2v) is 10.8. The Hall–Kier alpha value is -1.99. The summed E-state index contributed by atoms with van der Waals surface area (Å²) in [4.78, 5) is 29.6. The van der Waals surface area contributed by atoms with E-state index in [0.29, 0.717) is 15.6 Å². The Bertz CT molecular complexity index is 1200. The summed E-state index contributed by atoms with van der Waals surface area (Å²) in [7, 11) is 0. The van der Waals surface area contributed by atoms with Crippen molar-refractivity contribution in [1.29, 1.82) is 0 Å². The maximum atomic E-state index is 13.7. The van der Waals surface area contributed by atoms with Gasteiger partial charge in [-0.3, -0.25) is 14.5 Å². The van der Waals surface area contributed by atoms with Crippen molar-refractivity contribution < 1.29 is 9.59 Å². The minimum atomic E-state index is -0.385. The van der Waals surface area contributed by atoms with Gasteiger partial charge in [-0.2, -0.15) is 0 Å². The fourth-order valence-electron chi connectivity index (χ4n) is 4.16. The van der Waals surface area contributed by atoms with Crippen LogP contribution >= 0.6 is 46.3 Å². The zero-order valence-electron chi connectivity index (χ0n) is 17.1. The predicted molar refractivity (Wildman–Crippen MR) is 135 cm³/mol. The van der Waals surface area contributed by atoms with Crippen LogP contribution in [0.4, 0.5) is 10.7 Å². The van der Waals surface area contributed by atoms with Gasteiger partial charge in [0.1, 0.15) is 5.00 Å². The number of ketones is 1. The van der Waals surface area contributed by atoms with Gasteiger partial charge in [0.05, 0.1) is 21.4 Å². The molecule has 8 heteroatoms. The number of hydrogen-bond acceptors (Lipinski definition) is 5. The van der Waals surface area contributed by atoms with Crippen LogP contribution in [0, 0.1) is 0 Å². The van der Waals surface area contributed by atoms with E-state index in [1.165, 1.54) is 28.6 Å². The number of nitrogens with one attached hydrogen (secondary N) is 1. The number of Topliss-reactive ketones (excluding diaryl/α,β-unsaturated/α-hetero) is 1. The molecule has 164 valence electrons. The van der Waals surface area contributed by atoms with Crippen LogP contribution in [0.15, 0.2) is 48.5 Å². The number of amides is 1. The molecule has 2 aromatic carbocycles. The van der Waals surface area contributed by atoms with Crippen LogP contribution in [-0.4, -0.2) is 22.9 Å². The van der Waals surface area contributed by atoms with Crippen LogP contribution in [0.5, 0.6) is 0 Å². The number of anilines is 2. The number of nitrogens with zero attached hydrogens (tertiary/aromatic N) is 1.